The van der Waals surface area contributed by atoms with E-state index in [9.17, 15) is 4.79 Å². The maximum atomic E-state index is 12.8. The number of carbonyl (C=O) groups excluding carboxylic acids is 1. The van der Waals surface area contributed by atoms with Gasteiger partial charge in [0.2, 0.25) is 5.95 Å². The average molecular weight is 416 g/mol. The van der Waals surface area contributed by atoms with Crippen LogP contribution in [0.4, 0.5) is 11.8 Å². The van der Waals surface area contributed by atoms with Crippen molar-refractivity contribution in [3.63, 3.8) is 0 Å². The Labute approximate surface area is 180 Å². The average Bonchev–Trinajstić information content (AvgIpc) is 3.14. The van der Waals surface area contributed by atoms with Crippen molar-refractivity contribution < 1.29 is 4.79 Å². The highest BCUT2D eigenvalue weighted by molar-refractivity contribution is 6.02. The van der Waals surface area contributed by atoms with Crippen molar-refractivity contribution in [1.29, 1.82) is 0 Å². The van der Waals surface area contributed by atoms with Gasteiger partial charge in [-0.1, -0.05) is 51.1 Å². The van der Waals surface area contributed by atoms with Gasteiger partial charge in [-0.2, -0.15) is 9.50 Å². The Morgan fingerprint density at radius 1 is 1.06 bits per heavy atom. The summed E-state index contributed by atoms with van der Waals surface area (Å²) in [6.45, 7) is 8.96. The van der Waals surface area contributed by atoms with Crippen LogP contribution in [0.5, 0.6) is 0 Å². The molecule has 0 fully saturated rings. The summed E-state index contributed by atoms with van der Waals surface area (Å²) in [6.07, 6.45) is 1.62. The third kappa shape index (κ3) is 4.69. The summed E-state index contributed by atoms with van der Waals surface area (Å²) in [5.41, 5.74) is 3.53. The molecule has 0 aliphatic heterocycles. The van der Waals surface area contributed by atoms with Crippen LogP contribution in [-0.2, 0) is 12.0 Å². The summed E-state index contributed by atoms with van der Waals surface area (Å²) in [6, 6.07) is 15.5. The standard InChI is InChI=1S/C23H25N7O/c1-15-13-18(20(31)27-19-7-5-6-12-24-19)30-22(26-15)28-21(29-30)25-14-16-8-10-17(11-9-16)23(2,3)4/h5-13H,14H2,1-4H3,(H,25,29)(H,24,27,31). The number of nitrogens with one attached hydrogen (secondary N) is 2. The van der Waals surface area contributed by atoms with Gasteiger partial charge >= 0.3 is 0 Å². The molecular formula is C23H25N7O. The van der Waals surface area contributed by atoms with E-state index in [2.05, 4.69) is 75.7 Å². The molecule has 158 valence electrons. The number of nitrogens with zero attached hydrogens (tertiary/aromatic N) is 5. The normalized spacial score (nSPS) is 11.5. The van der Waals surface area contributed by atoms with E-state index < -0.39 is 0 Å². The van der Waals surface area contributed by atoms with Crippen LogP contribution in [0.2, 0.25) is 0 Å². The fourth-order valence-corrected chi connectivity index (χ4v) is 3.14. The molecule has 2 N–H and O–H groups in total. The van der Waals surface area contributed by atoms with Crippen molar-refractivity contribution in [3.05, 3.63) is 77.2 Å². The number of aromatic nitrogens is 5. The van der Waals surface area contributed by atoms with E-state index in [0.717, 1.165) is 5.56 Å². The number of fused-ring (bicyclic) bond motifs is 1. The molecule has 0 saturated carbocycles. The van der Waals surface area contributed by atoms with Crippen LogP contribution < -0.4 is 10.6 Å². The highest BCUT2D eigenvalue weighted by atomic mass is 16.2. The number of hydrogen-bond acceptors (Lipinski definition) is 6. The van der Waals surface area contributed by atoms with Gasteiger partial charge in [-0.15, -0.1) is 5.10 Å². The smallest absolute Gasteiger partial charge is 0.275 e. The second-order valence-electron chi connectivity index (χ2n) is 8.40. The van der Waals surface area contributed by atoms with Gasteiger partial charge in [-0.05, 0) is 41.7 Å². The summed E-state index contributed by atoms with van der Waals surface area (Å²) in [5, 5.41) is 10.4. The Kier molecular flexibility index (Phi) is 5.37. The minimum absolute atomic E-state index is 0.116. The summed E-state index contributed by atoms with van der Waals surface area (Å²) < 4.78 is 1.44. The lowest BCUT2D eigenvalue weighted by atomic mass is 9.87. The zero-order valence-corrected chi connectivity index (χ0v) is 18.0. The summed E-state index contributed by atoms with van der Waals surface area (Å²) in [4.78, 5) is 25.7. The highest BCUT2D eigenvalue weighted by Gasteiger charge is 2.17. The fourth-order valence-electron chi connectivity index (χ4n) is 3.14. The Bertz CT molecular complexity index is 1210. The van der Waals surface area contributed by atoms with Crippen molar-refractivity contribution in [1.82, 2.24) is 24.6 Å². The lowest BCUT2D eigenvalue weighted by Gasteiger charge is -2.19. The molecule has 0 atom stereocenters. The fraction of sp³-hybridized carbons (Fsp3) is 0.261. The summed E-state index contributed by atoms with van der Waals surface area (Å²) >= 11 is 0. The van der Waals surface area contributed by atoms with Gasteiger partial charge in [-0.3, -0.25) is 4.79 Å². The second kappa shape index (κ2) is 8.14. The molecule has 8 heteroatoms. The predicted octanol–water partition coefficient (Wildman–Crippen LogP) is 3.99. The van der Waals surface area contributed by atoms with Gasteiger partial charge in [0.25, 0.3) is 11.7 Å². The zero-order chi connectivity index (χ0) is 22.0. The maximum Gasteiger partial charge on any atom is 0.275 e. The maximum absolute atomic E-state index is 12.8. The van der Waals surface area contributed by atoms with Gasteiger partial charge < -0.3 is 10.6 Å². The molecule has 1 amide bonds. The van der Waals surface area contributed by atoms with Gasteiger partial charge in [0, 0.05) is 18.4 Å². The Morgan fingerprint density at radius 3 is 2.52 bits per heavy atom. The number of hydrogen-bond donors (Lipinski definition) is 2. The topological polar surface area (TPSA) is 97.1 Å². The quantitative estimate of drug-likeness (QED) is 0.512. The van der Waals surface area contributed by atoms with Gasteiger partial charge in [-0.25, -0.2) is 9.97 Å². The molecular weight excluding hydrogens is 390 g/mol. The lowest BCUT2D eigenvalue weighted by molar-refractivity contribution is 0.101. The number of anilines is 2. The van der Waals surface area contributed by atoms with Crippen molar-refractivity contribution in [3.8, 4) is 0 Å². The van der Waals surface area contributed by atoms with Gasteiger partial charge in [0.05, 0.1) is 0 Å². The van der Waals surface area contributed by atoms with Crippen LogP contribution in [0, 0.1) is 6.92 Å². The molecule has 31 heavy (non-hydrogen) atoms. The molecule has 0 bridgehead atoms. The summed E-state index contributed by atoms with van der Waals surface area (Å²) in [5.74, 6) is 0.900. The first-order valence-electron chi connectivity index (χ1n) is 10.1. The van der Waals surface area contributed by atoms with E-state index in [4.69, 9.17) is 0 Å². The first kappa shape index (κ1) is 20.5. The molecule has 0 spiro atoms. The van der Waals surface area contributed by atoms with E-state index in [1.807, 2.05) is 13.0 Å². The number of pyridine rings is 1. The van der Waals surface area contributed by atoms with Gasteiger partial charge in [0.1, 0.15) is 11.5 Å². The molecule has 0 aliphatic carbocycles. The van der Waals surface area contributed by atoms with Crippen molar-refractivity contribution in [2.75, 3.05) is 10.6 Å². The minimum Gasteiger partial charge on any atom is -0.349 e. The van der Waals surface area contributed by atoms with Crippen molar-refractivity contribution in [2.45, 2.75) is 39.7 Å². The largest absolute Gasteiger partial charge is 0.349 e. The van der Waals surface area contributed by atoms with E-state index in [1.165, 1.54) is 10.1 Å². The van der Waals surface area contributed by atoms with Gasteiger partial charge in [0.15, 0.2) is 0 Å². The first-order chi connectivity index (χ1) is 14.8. The molecule has 4 aromatic rings. The van der Waals surface area contributed by atoms with Crippen LogP contribution in [0.25, 0.3) is 5.78 Å². The Hall–Kier alpha value is -3.81. The molecule has 4 rings (SSSR count). The highest BCUT2D eigenvalue weighted by Crippen LogP contribution is 2.22. The zero-order valence-electron chi connectivity index (χ0n) is 18.0. The number of aryl methyl sites for hydroxylation is 1. The van der Waals surface area contributed by atoms with E-state index in [1.54, 1.807) is 24.4 Å². The molecule has 0 radical (unpaired) electrons. The van der Waals surface area contributed by atoms with Crippen molar-refractivity contribution >= 4 is 23.5 Å². The summed E-state index contributed by atoms with van der Waals surface area (Å²) in [7, 11) is 0. The van der Waals surface area contributed by atoms with Crippen LogP contribution in [0.3, 0.4) is 0 Å². The monoisotopic (exact) mass is 415 g/mol. The van der Waals surface area contributed by atoms with Crippen LogP contribution >= 0.6 is 0 Å². The van der Waals surface area contributed by atoms with Crippen LogP contribution in [0.15, 0.2) is 54.7 Å². The Morgan fingerprint density at radius 2 is 1.84 bits per heavy atom. The predicted molar refractivity (Wildman–Crippen MR) is 120 cm³/mol. The van der Waals surface area contributed by atoms with Crippen molar-refractivity contribution in [2.24, 2.45) is 0 Å². The lowest BCUT2D eigenvalue weighted by Crippen LogP contribution is -2.18. The number of benzene rings is 1. The molecule has 3 heterocycles. The number of carbonyl (C=O) groups is 1. The van der Waals surface area contributed by atoms with E-state index >= 15 is 0 Å². The SMILES string of the molecule is Cc1cc(C(=O)Nc2ccccn2)n2nc(NCc3ccc(C(C)(C)C)cc3)nc2n1. The minimum atomic E-state index is -0.330. The number of amides is 1. The molecule has 3 aromatic heterocycles. The number of rotatable bonds is 5. The molecule has 1 aromatic carbocycles. The molecule has 0 saturated heterocycles. The first-order valence-corrected chi connectivity index (χ1v) is 10.1. The third-order valence-corrected chi connectivity index (χ3v) is 4.85. The molecule has 0 unspecified atom stereocenters. The van der Waals surface area contributed by atoms with E-state index in [0.29, 0.717) is 35.5 Å². The second-order valence-corrected chi connectivity index (χ2v) is 8.40. The molecule has 0 aliphatic rings. The Balaban J connectivity index is 1.54. The van der Waals surface area contributed by atoms with E-state index in [-0.39, 0.29) is 11.3 Å². The van der Waals surface area contributed by atoms with Crippen LogP contribution in [-0.4, -0.2) is 30.5 Å². The third-order valence-electron chi connectivity index (χ3n) is 4.85. The molecule has 8 nitrogen and oxygen atoms in total. The van der Waals surface area contributed by atoms with Crippen LogP contribution in [0.1, 0.15) is 48.1 Å².